The van der Waals surface area contributed by atoms with Gasteiger partial charge in [0.05, 0.1) is 26.3 Å². The molecule has 8 nitrogen and oxygen atoms in total. The van der Waals surface area contributed by atoms with Crippen LogP contribution in [0.5, 0.6) is 0 Å². The first-order valence-electron chi connectivity index (χ1n) is 8.29. The van der Waals surface area contributed by atoms with Crippen molar-refractivity contribution in [3.05, 3.63) is 65.8 Å². The van der Waals surface area contributed by atoms with E-state index in [9.17, 15) is 9.59 Å². The molecule has 1 aromatic carbocycles. The summed E-state index contributed by atoms with van der Waals surface area (Å²) in [6.07, 6.45) is 4.93. The molecule has 8 heteroatoms. The van der Waals surface area contributed by atoms with Crippen molar-refractivity contribution < 1.29 is 18.7 Å². The van der Waals surface area contributed by atoms with Crippen molar-refractivity contribution in [3.8, 4) is 0 Å². The number of hydrogen-bond donors (Lipinski definition) is 1. The lowest BCUT2D eigenvalue weighted by atomic mass is 10.1. The van der Waals surface area contributed by atoms with Crippen LogP contribution in [0.1, 0.15) is 21.7 Å². The molecule has 4 rings (SSSR count). The fraction of sp³-hybridized carbons (Fsp3) is 0.158. The van der Waals surface area contributed by atoms with Gasteiger partial charge in [0.15, 0.2) is 5.65 Å². The van der Waals surface area contributed by atoms with E-state index in [1.807, 2.05) is 24.3 Å². The number of nitrogens with zero attached hydrogens (tertiary/aromatic N) is 3. The molecule has 0 bridgehead atoms. The van der Waals surface area contributed by atoms with Crippen molar-refractivity contribution >= 4 is 28.5 Å². The molecule has 27 heavy (non-hydrogen) atoms. The summed E-state index contributed by atoms with van der Waals surface area (Å²) in [5, 5.41) is 7.77. The highest BCUT2D eigenvalue weighted by Crippen LogP contribution is 2.24. The minimum Gasteiger partial charge on any atom is -0.469 e. The first-order chi connectivity index (χ1) is 13.2. The molecule has 0 aliphatic carbocycles. The lowest BCUT2D eigenvalue weighted by molar-refractivity contribution is -0.139. The van der Waals surface area contributed by atoms with Crippen molar-refractivity contribution in [3.63, 3.8) is 0 Å². The Kier molecular flexibility index (Phi) is 4.29. The van der Waals surface area contributed by atoms with E-state index in [0.717, 1.165) is 10.9 Å². The SMILES string of the molecule is COC(=O)Cc1cccc2cc(CNC(=O)c3cnn4cccnc34)oc12. The maximum Gasteiger partial charge on any atom is 0.310 e. The van der Waals surface area contributed by atoms with Crippen LogP contribution < -0.4 is 5.32 Å². The normalized spacial score (nSPS) is 11.0. The van der Waals surface area contributed by atoms with Gasteiger partial charge in [-0.05, 0) is 12.1 Å². The highest BCUT2D eigenvalue weighted by atomic mass is 16.5. The molecule has 0 aliphatic heterocycles. The molecule has 0 atom stereocenters. The molecule has 136 valence electrons. The van der Waals surface area contributed by atoms with E-state index in [1.165, 1.54) is 17.8 Å². The Morgan fingerprint density at radius 1 is 1.30 bits per heavy atom. The highest BCUT2D eigenvalue weighted by molar-refractivity contribution is 5.99. The van der Waals surface area contributed by atoms with Crippen molar-refractivity contribution in [1.29, 1.82) is 0 Å². The van der Waals surface area contributed by atoms with Crippen LogP contribution in [0.4, 0.5) is 0 Å². The van der Waals surface area contributed by atoms with Crippen LogP contribution in [-0.2, 0) is 22.5 Å². The predicted octanol–water partition coefficient (Wildman–Crippen LogP) is 2.12. The molecule has 1 N–H and O–H groups in total. The molecule has 0 saturated carbocycles. The van der Waals surface area contributed by atoms with E-state index < -0.39 is 0 Å². The second kappa shape index (κ2) is 6.91. The average molecular weight is 364 g/mol. The summed E-state index contributed by atoms with van der Waals surface area (Å²) in [7, 11) is 1.35. The maximum absolute atomic E-state index is 12.5. The topological polar surface area (TPSA) is 98.7 Å². The second-order valence-corrected chi connectivity index (χ2v) is 5.93. The number of hydrogen-bond acceptors (Lipinski definition) is 6. The smallest absolute Gasteiger partial charge is 0.310 e. The molecule has 0 aliphatic rings. The number of carbonyl (C=O) groups is 2. The van der Waals surface area contributed by atoms with Crippen LogP contribution in [0.2, 0.25) is 0 Å². The Balaban J connectivity index is 1.53. The molecule has 3 aromatic heterocycles. The number of ether oxygens (including phenoxy) is 1. The van der Waals surface area contributed by atoms with E-state index >= 15 is 0 Å². The maximum atomic E-state index is 12.5. The van der Waals surface area contributed by atoms with Gasteiger partial charge in [0.2, 0.25) is 0 Å². The summed E-state index contributed by atoms with van der Waals surface area (Å²) < 4.78 is 12.1. The Labute approximate surface area is 153 Å². The predicted molar refractivity (Wildman–Crippen MR) is 96.1 cm³/mol. The third-order valence-corrected chi connectivity index (χ3v) is 4.19. The van der Waals surface area contributed by atoms with Gasteiger partial charge in [-0.25, -0.2) is 9.50 Å². The van der Waals surface area contributed by atoms with E-state index in [1.54, 1.807) is 18.5 Å². The first-order valence-corrected chi connectivity index (χ1v) is 8.29. The summed E-state index contributed by atoms with van der Waals surface area (Å²) in [4.78, 5) is 28.2. The molecular formula is C19H16N4O4. The van der Waals surface area contributed by atoms with Gasteiger partial charge in [-0.15, -0.1) is 0 Å². The van der Waals surface area contributed by atoms with Gasteiger partial charge in [0.25, 0.3) is 5.91 Å². The van der Waals surface area contributed by atoms with E-state index in [-0.39, 0.29) is 24.8 Å². The number of para-hydroxylation sites is 1. The number of methoxy groups -OCH3 is 1. The largest absolute Gasteiger partial charge is 0.469 e. The molecule has 0 fully saturated rings. The van der Waals surface area contributed by atoms with Crippen molar-refractivity contribution in [1.82, 2.24) is 19.9 Å². The van der Waals surface area contributed by atoms with Gasteiger partial charge < -0.3 is 14.5 Å². The van der Waals surface area contributed by atoms with Crippen LogP contribution in [0.15, 0.2) is 53.3 Å². The summed E-state index contributed by atoms with van der Waals surface area (Å²) in [6.45, 7) is 0.204. The van der Waals surface area contributed by atoms with Gasteiger partial charge in [0.1, 0.15) is 16.9 Å². The number of furan rings is 1. The minimum atomic E-state index is -0.339. The molecule has 3 heterocycles. The Hall–Kier alpha value is -3.68. The summed E-state index contributed by atoms with van der Waals surface area (Å²) in [5.41, 5.74) is 2.23. The molecule has 0 saturated heterocycles. The molecule has 0 unspecified atom stereocenters. The lowest BCUT2D eigenvalue weighted by Gasteiger charge is -2.02. The number of fused-ring (bicyclic) bond motifs is 2. The summed E-state index contributed by atoms with van der Waals surface area (Å²) in [6, 6.07) is 9.13. The lowest BCUT2D eigenvalue weighted by Crippen LogP contribution is -2.22. The second-order valence-electron chi connectivity index (χ2n) is 5.93. The van der Waals surface area contributed by atoms with Crippen LogP contribution in [0.25, 0.3) is 16.6 Å². The van der Waals surface area contributed by atoms with Gasteiger partial charge >= 0.3 is 5.97 Å². The monoisotopic (exact) mass is 364 g/mol. The number of esters is 1. The zero-order chi connectivity index (χ0) is 18.8. The summed E-state index contributed by atoms with van der Waals surface area (Å²) >= 11 is 0. The minimum absolute atomic E-state index is 0.126. The number of carbonyl (C=O) groups excluding carboxylic acids is 2. The Morgan fingerprint density at radius 3 is 3.04 bits per heavy atom. The van der Waals surface area contributed by atoms with Crippen molar-refractivity contribution in [2.24, 2.45) is 0 Å². The van der Waals surface area contributed by atoms with Gasteiger partial charge in [-0.3, -0.25) is 9.59 Å². The first kappa shape index (κ1) is 16.8. The van der Waals surface area contributed by atoms with Gasteiger partial charge in [-0.1, -0.05) is 18.2 Å². The Morgan fingerprint density at radius 2 is 2.19 bits per heavy atom. The fourth-order valence-corrected chi connectivity index (χ4v) is 2.88. The molecular weight excluding hydrogens is 348 g/mol. The van der Waals surface area contributed by atoms with E-state index in [0.29, 0.717) is 22.6 Å². The quantitative estimate of drug-likeness (QED) is 0.545. The van der Waals surface area contributed by atoms with Gasteiger partial charge in [-0.2, -0.15) is 5.10 Å². The number of aromatic nitrogens is 3. The van der Waals surface area contributed by atoms with E-state index in [2.05, 4.69) is 15.4 Å². The number of amides is 1. The van der Waals surface area contributed by atoms with Crippen LogP contribution in [0, 0.1) is 0 Å². The molecule has 0 radical (unpaired) electrons. The van der Waals surface area contributed by atoms with Crippen molar-refractivity contribution in [2.75, 3.05) is 7.11 Å². The van der Waals surface area contributed by atoms with Crippen molar-refractivity contribution in [2.45, 2.75) is 13.0 Å². The van der Waals surface area contributed by atoms with Crippen LogP contribution >= 0.6 is 0 Å². The van der Waals surface area contributed by atoms with Crippen LogP contribution in [0.3, 0.4) is 0 Å². The third kappa shape index (κ3) is 3.24. The molecule has 0 spiro atoms. The highest BCUT2D eigenvalue weighted by Gasteiger charge is 2.15. The van der Waals surface area contributed by atoms with Gasteiger partial charge in [0, 0.05) is 23.3 Å². The Bertz CT molecular complexity index is 1140. The third-order valence-electron chi connectivity index (χ3n) is 4.19. The zero-order valence-electron chi connectivity index (χ0n) is 14.5. The number of benzene rings is 1. The average Bonchev–Trinajstić information content (AvgIpc) is 3.30. The standard InChI is InChI=1S/C19H16N4O4/c1-26-16(24)9-13-5-2-4-12-8-14(27-17(12)13)10-21-19(25)15-11-22-23-7-3-6-20-18(15)23/h2-8,11H,9-10H2,1H3,(H,21,25). The molecule has 4 aromatic rings. The fourth-order valence-electron chi connectivity index (χ4n) is 2.88. The summed E-state index contributed by atoms with van der Waals surface area (Å²) in [5.74, 6) is -0.0478. The van der Waals surface area contributed by atoms with E-state index in [4.69, 9.17) is 9.15 Å². The van der Waals surface area contributed by atoms with Crippen LogP contribution in [-0.4, -0.2) is 33.6 Å². The molecule has 1 amide bonds. The zero-order valence-corrected chi connectivity index (χ0v) is 14.5. The number of nitrogens with one attached hydrogen (secondary N) is 1. The number of rotatable bonds is 5.